The molecule has 0 amide bonds. The molecule has 0 spiro atoms. The highest BCUT2D eigenvalue weighted by Crippen LogP contribution is 2.18. The maximum absolute atomic E-state index is 2.43. The normalized spacial score (nSPS) is 13.0. The van der Waals surface area contributed by atoms with Crippen LogP contribution in [0.15, 0.2) is 0 Å². The zero-order valence-electron chi connectivity index (χ0n) is 9.65. The summed E-state index contributed by atoms with van der Waals surface area (Å²) in [6, 6.07) is 0. The Labute approximate surface area is 78.1 Å². The van der Waals surface area contributed by atoms with Gasteiger partial charge >= 0.3 is 0 Å². The van der Waals surface area contributed by atoms with Crippen molar-refractivity contribution in [3.8, 4) is 0 Å². The Bertz CT molecular complexity index is 111. The molecule has 0 aliphatic rings. The molecule has 74 valence electrons. The van der Waals surface area contributed by atoms with Crippen LogP contribution in [0, 0.1) is 11.3 Å². The highest BCUT2D eigenvalue weighted by atomic mass is 15.1. The van der Waals surface area contributed by atoms with Crippen molar-refractivity contribution in [1.82, 2.24) is 4.90 Å². The summed E-state index contributed by atoms with van der Waals surface area (Å²) in [5, 5.41) is 0. The van der Waals surface area contributed by atoms with E-state index in [2.05, 4.69) is 46.6 Å². The van der Waals surface area contributed by atoms with Crippen molar-refractivity contribution in [2.45, 2.75) is 41.0 Å². The van der Waals surface area contributed by atoms with Crippen LogP contribution in [-0.4, -0.2) is 25.0 Å². The molecule has 0 aromatic rings. The molecule has 1 nitrogen and oxygen atoms in total. The van der Waals surface area contributed by atoms with Gasteiger partial charge in [0.15, 0.2) is 0 Å². The van der Waals surface area contributed by atoms with Crippen molar-refractivity contribution < 1.29 is 0 Å². The number of nitrogens with zero attached hydrogens (tertiary/aromatic N) is 1. The molecule has 0 aliphatic carbocycles. The van der Waals surface area contributed by atoms with Crippen LogP contribution in [-0.2, 0) is 0 Å². The molecule has 12 heavy (non-hydrogen) atoms. The largest absolute Gasteiger partial charge is 0.306 e. The second-order valence-corrected chi connectivity index (χ2v) is 5.47. The lowest BCUT2D eigenvalue weighted by Crippen LogP contribution is -2.27. The van der Waals surface area contributed by atoms with Crippen molar-refractivity contribution in [2.24, 2.45) is 11.3 Å². The van der Waals surface area contributed by atoms with E-state index >= 15 is 0 Å². The van der Waals surface area contributed by atoms with E-state index in [-0.39, 0.29) is 0 Å². The van der Waals surface area contributed by atoms with Gasteiger partial charge in [0.1, 0.15) is 0 Å². The lowest BCUT2D eigenvalue weighted by molar-refractivity contribution is 0.244. The first-order valence-electron chi connectivity index (χ1n) is 5.00. The first-order valence-corrected chi connectivity index (χ1v) is 5.00. The first-order chi connectivity index (χ1) is 5.31. The Morgan fingerprint density at radius 1 is 1.17 bits per heavy atom. The van der Waals surface area contributed by atoms with Crippen LogP contribution in [0.2, 0.25) is 0 Å². The molecule has 0 aliphatic heterocycles. The molecule has 0 fully saturated rings. The SMILES string of the molecule is CC(C)CN(C)CCC(C)(C)C. The molecule has 0 aromatic carbocycles. The molecule has 0 rings (SSSR count). The van der Waals surface area contributed by atoms with Gasteiger partial charge in [-0.2, -0.15) is 0 Å². The lowest BCUT2D eigenvalue weighted by atomic mass is 9.92. The Kier molecular flexibility index (Phi) is 4.84. The van der Waals surface area contributed by atoms with Crippen molar-refractivity contribution in [1.29, 1.82) is 0 Å². The summed E-state index contributed by atoms with van der Waals surface area (Å²) in [4.78, 5) is 2.43. The second kappa shape index (κ2) is 4.86. The fourth-order valence-electron chi connectivity index (χ4n) is 1.24. The van der Waals surface area contributed by atoms with Gasteiger partial charge in [0.05, 0.1) is 0 Å². The second-order valence-electron chi connectivity index (χ2n) is 5.47. The molecule has 0 N–H and O–H groups in total. The van der Waals surface area contributed by atoms with Crippen LogP contribution in [0.3, 0.4) is 0 Å². The first kappa shape index (κ1) is 12.0. The fraction of sp³-hybridized carbons (Fsp3) is 1.00. The van der Waals surface area contributed by atoms with E-state index in [1.807, 2.05) is 0 Å². The average Bonchev–Trinajstić information content (AvgIpc) is 1.80. The van der Waals surface area contributed by atoms with Gasteiger partial charge in [-0.15, -0.1) is 0 Å². The molecule has 0 unspecified atom stereocenters. The summed E-state index contributed by atoms with van der Waals surface area (Å²) in [7, 11) is 2.21. The highest BCUT2D eigenvalue weighted by molar-refractivity contribution is 4.64. The van der Waals surface area contributed by atoms with Crippen LogP contribution in [0.4, 0.5) is 0 Å². The molecule has 0 heterocycles. The van der Waals surface area contributed by atoms with Crippen LogP contribution >= 0.6 is 0 Å². The van der Waals surface area contributed by atoms with Gasteiger partial charge in [0.25, 0.3) is 0 Å². The minimum absolute atomic E-state index is 0.477. The van der Waals surface area contributed by atoms with Crippen LogP contribution in [0.1, 0.15) is 41.0 Å². The number of hydrogen-bond donors (Lipinski definition) is 0. The smallest absolute Gasteiger partial charge is 0.000134 e. The predicted octanol–water partition coefficient (Wildman–Crippen LogP) is 3.01. The van der Waals surface area contributed by atoms with Gasteiger partial charge < -0.3 is 4.90 Å². The minimum Gasteiger partial charge on any atom is -0.306 e. The van der Waals surface area contributed by atoms with Gasteiger partial charge in [0, 0.05) is 6.54 Å². The van der Waals surface area contributed by atoms with E-state index < -0.39 is 0 Å². The molecule has 0 saturated carbocycles. The van der Waals surface area contributed by atoms with Crippen LogP contribution in [0.25, 0.3) is 0 Å². The third-order valence-corrected chi connectivity index (χ3v) is 1.92. The Hall–Kier alpha value is -0.0400. The zero-order valence-corrected chi connectivity index (χ0v) is 9.65. The van der Waals surface area contributed by atoms with Crippen molar-refractivity contribution in [2.75, 3.05) is 20.1 Å². The molecular weight excluding hydrogens is 146 g/mol. The Morgan fingerprint density at radius 3 is 2.00 bits per heavy atom. The fourth-order valence-corrected chi connectivity index (χ4v) is 1.24. The molecular formula is C11H25N. The number of rotatable bonds is 4. The Balaban J connectivity index is 3.51. The zero-order chi connectivity index (χ0) is 9.78. The third kappa shape index (κ3) is 8.06. The summed E-state index contributed by atoms with van der Waals surface area (Å²) >= 11 is 0. The summed E-state index contributed by atoms with van der Waals surface area (Å²) in [5.41, 5.74) is 0.477. The monoisotopic (exact) mass is 171 g/mol. The standard InChI is InChI=1S/C11H25N/c1-10(2)9-12(6)8-7-11(3,4)5/h10H,7-9H2,1-6H3. The van der Waals surface area contributed by atoms with Gasteiger partial charge in [-0.05, 0) is 31.3 Å². The minimum atomic E-state index is 0.477. The topological polar surface area (TPSA) is 3.24 Å². The van der Waals surface area contributed by atoms with E-state index in [9.17, 15) is 0 Å². The summed E-state index contributed by atoms with van der Waals surface area (Å²) < 4.78 is 0. The van der Waals surface area contributed by atoms with Crippen LogP contribution in [0.5, 0.6) is 0 Å². The van der Waals surface area contributed by atoms with E-state index in [1.54, 1.807) is 0 Å². The lowest BCUT2D eigenvalue weighted by Gasteiger charge is -2.24. The maximum atomic E-state index is 2.43. The van der Waals surface area contributed by atoms with Crippen molar-refractivity contribution in [3.63, 3.8) is 0 Å². The van der Waals surface area contributed by atoms with E-state index in [0.717, 1.165) is 5.92 Å². The highest BCUT2D eigenvalue weighted by Gasteiger charge is 2.11. The molecule has 0 bridgehead atoms. The average molecular weight is 171 g/mol. The third-order valence-electron chi connectivity index (χ3n) is 1.92. The summed E-state index contributed by atoms with van der Waals surface area (Å²) in [6.07, 6.45) is 1.29. The van der Waals surface area contributed by atoms with Gasteiger partial charge in [-0.1, -0.05) is 34.6 Å². The number of hydrogen-bond acceptors (Lipinski definition) is 1. The van der Waals surface area contributed by atoms with Gasteiger partial charge in [0.2, 0.25) is 0 Å². The quantitative estimate of drug-likeness (QED) is 0.628. The summed E-state index contributed by atoms with van der Waals surface area (Å²) in [6.45, 7) is 13.9. The van der Waals surface area contributed by atoms with Crippen molar-refractivity contribution >= 4 is 0 Å². The van der Waals surface area contributed by atoms with Crippen molar-refractivity contribution in [3.05, 3.63) is 0 Å². The van der Waals surface area contributed by atoms with E-state index in [4.69, 9.17) is 0 Å². The van der Waals surface area contributed by atoms with E-state index in [0.29, 0.717) is 5.41 Å². The molecule has 0 aromatic heterocycles. The summed E-state index contributed by atoms with van der Waals surface area (Å²) in [5.74, 6) is 0.787. The van der Waals surface area contributed by atoms with Crippen LogP contribution < -0.4 is 0 Å². The Morgan fingerprint density at radius 2 is 1.67 bits per heavy atom. The molecule has 0 atom stereocenters. The molecule has 1 heteroatoms. The van der Waals surface area contributed by atoms with E-state index in [1.165, 1.54) is 19.5 Å². The predicted molar refractivity (Wildman–Crippen MR) is 56.4 cm³/mol. The molecule has 0 saturated heterocycles. The van der Waals surface area contributed by atoms with Gasteiger partial charge in [-0.25, -0.2) is 0 Å². The maximum Gasteiger partial charge on any atom is 0.000134 e. The molecule has 0 radical (unpaired) electrons. The van der Waals surface area contributed by atoms with Gasteiger partial charge in [-0.3, -0.25) is 0 Å².